The smallest absolute Gasteiger partial charge is 0.0648 e. The fourth-order valence-electron chi connectivity index (χ4n) is 1.96. The fourth-order valence-corrected chi connectivity index (χ4v) is 1.96. The van der Waals surface area contributed by atoms with Crippen LogP contribution in [0.5, 0.6) is 0 Å². The summed E-state index contributed by atoms with van der Waals surface area (Å²) in [6.45, 7) is 12.9. The molecule has 1 aromatic carbocycles. The van der Waals surface area contributed by atoms with E-state index in [1.54, 1.807) is 0 Å². The molecule has 0 unspecified atom stereocenters. The first-order valence-electron chi connectivity index (χ1n) is 7.03. The highest BCUT2D eigenvalue weighted by atomic mass is 16.5. The summed E-state index contributed by atoms with van der Waals surface area (Å²) in [5, 5.41) is 0. The van der Waals surface area contributed by atoms with Crippen LogP contribution >= 0.6 is 0 Å². The Bertz CT molecular complexity index is 365. The van der Waals surface area contributed by atoms with Crippen LogP contribution < -0.4 is 10.6 Å². The quantitative estimate of drug-likeness (QED) is 0.857. The van der Waals surface area contributed by atoms with Gasteiger partial charge in [-0.1, -0.05) is 12.1 Å². The molecule has 0 radical (unpaired) electrons. The van der Waals surface area contributed by atoms with Crippen LogP contribution in [-0.2, 0) is 11.3 Å². The van der Waals surface area contributed by atoms with Crippen molar-refractivity contribution < 1.29 is 4.74 Å². The minimum Gasteiger partial charge on any atom is -0.374 e. The molecule has 0 bridgehead atoms. The second-order valence-corrected chi connectivity index (χ2v) is 6.12. The first kappa shape index (κ1) is 16.0. The Morgan fingerprint density at radius 3 is 2.16 bits per heavy atom. The third-order valence-corrected chi connectivity index (χ3v) is 2.99. The van der Waals surface area contributed by atoms with E-state index in [0.717, 1.165) is 13.2 Å². The highest BCUT2D eigenvalue weighted by molar-refractivity contribution is 5.48. The molecule has 0 heterocycles. The van der Waals surface area contributed by atoms with Crippen LogP contribution in [0.1, 0.15) is 40.2 Å². The maximum absolute atomic E-state index is 5.81. The highest BCUT2D eigenvalue weighted by Crippen LogP contribution is 2.18. The van der Waals surface area contributed by atoms with Gasteiger partial charge in [0.2, 0.25) is 0 Å². The lowest BCUT2D eigenvalue weighted by Gasteiger charge is -2.30. The van der Waals surface area contributed by atoms with E-state index in [1.165, 1.54) is 11.3 Å². The van der Waals surface area contributed by atoms with Crippen molar-refractivity contribution in [2.24, 2.45) is 5.73 Å². The average molecular weight is 264 g/mol. The van der Waals surface area contributed by atoms with E-state index in [2.05, 4.69) is 63.8 Å². The Hall–Kier alpha value is -1.06. The van der Waals surface area contributed by atoms with E-state index in [-0.39, 0.29) is 5.60 Å². The summed E-state index contributed by atoms with van der Waals surface area (Å²) in [5.74, 6) is 0. The first-order valence-corrected chi connectivity index (χ1v) is 7.03. The largest absolute Gasteiger partial charge is 0.374 e. The number of nitrogens with zero attached hydrogens (tertiary/aromatic N) is 1. The molecule has 0 amide bonds. The fraction of sp³-hybridized carbons (Fsp3) is 0.625. The number of rotatable bonds is 6. The van der Waals surface area contributed by atoms with Crippen molar-refractivity contribution in [3.63, 3.8) is 0 Å². The van der Waals surface area contributed by atoms with E-state index in [0.29, 0.717) is 12.6 Å². The predicted molar refractivity (Wildman–Crippen MR) is 82.5 cm³/mol. The Labute approximate surface area is 117 Å². The number of nitrogens with two attached hydrogens (primary N) is 1. The molecule has 108 valence electrons. The zero-order valence-corrected chi connectivity index (χ0v) is 12.9. The minimum atomic E-state index is -0.0773. The summed E-state index contributed by atoms with van der Waals surface area (Å²) in [7, 11) is 0. The molecule has 19 heavy (non-hydrogen) atoms. The molecule has 0 aliphatic carbocycles. The molecule has 0 aliphatic rings. The second-order valence-electron chi connectivity index (χ2n) is 6.12. The zero-order valence-electron chi connectivity index (χ0n) is 12.9. The van der Waals surface area contributed by atoms with Gasteiger partial charge in [0.1, 0.15) is 0 Å². The van der Waals surface area contributed by atoms with E-state index < -0.39 is 0 Å². The van der Waals surface area contributed by atoms with E-state index in [1.807, 2.05) is 0 Å². The monoisotopic (exact) mass is 264 g/mol. The number of ether oxygens (including phenoxy) is 1. The molecule has 2 N–H and O–H groups in total. The summed E-state index contributed by atoms with van der Waals surface area (Å²) in [5.41, 5.74) is 7.94. The van der Waals surface area contributed by atoms with Gasteiger partial charge in [-0.05, 0) is 52.3 Å². The maximum atomic E-state index is 5.81. The third-order valence-electron chi connectivity index (χ3n) is 2.99. The molecule has 0 spiro atoms. The van der Waals surface area contributed by atoms with Crippen LogP contribution in [0.25, 0.3) is 0 Å². The molecule has 0 fully saturated rings. The van der Waals surface area contributed by atoms with Crippen molar-refractivity contribution in [3.05, 3.63) is 29.8 Å². The third kappa shape index (κ3) is 5.62. The van der Waals surface area contributed by atoms with E-state index in [4.69, 9.17) is 10.5 Å². The molecule has 3 heteroatoms. The summed E-state index contributed by atoms with van der Waals surface area (Å²) in [6, 6.07) is 8.91. The maximum Gasteiger partial charge on any atom is 0.0648 e. The van der Waals surface area contributed by atoms with Crippen LogP contribution in [0, 0.1) is 0 Å². The molecular formula is C16H28N2O. The Kier molecular flexibility index (Phi) is 5.83. The topological polar surface area (TPSA) is 38.5 Å². The molecule has 0 aliphatic heterocycles. The average Bonchev–Trinajstić information content (AvgIpc) is 2.33. The molecular weight excluding hydrogens is 236 g/mol. The Morgan fingerprint density at radius 2 is 1.74 bits per heavy atom. The van der Waals surface area contributed by atoms with Crippen molar-refractivity contribution in [3.8, 4) is 0 Å². The zero-order chi connectivity index (χ0) is 14.5. The van der Waals surface area contributed by atoms with Crippen LogP contribution in [0.2, 0.25) is 0 Å². The van der Waals surface area contributed by atoms with Gasteiger partial charge < -0.3 is 15.4 Å². The number of anilines is 1. The first-order chi connectivity index (χ1) is 8.83. The van der Waals surface area contributed by atoms with Gasteiger partial charge in [0.15, 0.2) is 0 Å². The van der Waals surface area contributed by atoms with Crippen LogP contribution in [0.15, 0.2) is 24.3 Å². The van der Waals surface area contributed by atoms with Gasteiger partial charge in [0, 0.05) is 24.8 Å². The van der Waals surface area contributed by atoms with Crippen molar-refractivity contribution in [1.29, 1.82) is 0 Å². The molecule has 1 aromatic rings. The summed E-state index contributed by atoms with van der Waals surface area (Å²) >= 11 is 0. The summed E-state index contributed by atoms with van der Waals surface area (Å²) in [6.07, 6.45) is 0. The van der Waals surface area contributed by atoms with Crippen molar-refractivity contribution in [2.45, 2.75) is 52.8 Å². The van der Waals surface area contributed by atoms with Crippen molar-refractivity contribution in [2.75, 3.05) is 18.1 Å². The second kappa shape index (κ2) is 6.92. The minimum absolute atomic E-state index is 0.0773. The van der Waals surface area contributed by atoms with Gasteiger partial charge in [-0.15, -0.1) is 0 Å². The lowest BCUT2D eigenvalue weighted by Crippen LogP contribution is -2.35. The van der Waals surface area contributed by atoms with Gasteiger partial charge in [0.05, 0.1) is 12.2 Å². The normalized spacial score (nSPS) is 11.9. The summed E-state index contributed by atoms with van der Waals surface area (Å²) < 4.78 is 5.81. The number of hydrogen-bond acceptors (Lipinski definition) is 3. The van der Waals surface area contributed by atoms with Gasteiger partial charge in [-0.3, -0.25) is 0 Å². The Morgan fingerprint density at radius 1 is 1.16 bits per heavy atom. The molecule has 0 saturated heterocycles. The SMILES string of the molecule is CC(C)N(CCOC(C)(C)C)c1ccc(CN)cc1. The van der Waals surface area contributed by atoms with Crippen molar-refractivity contribution >= 4 is 5.69 Å². The lowest BCUT2D eigenvalue weighted by molar-refractivity contribution is 0.000986. The lowest BCUT2D eigenvalue weighted by atomic mass is 10.1. The van der Waals surface area contributed by atoms with Gasteiger partial charge in [-0.25, -0.2) is 0 Å². The Balaban J connectivity index is 2.66. The molecule has 0 atom stereocenters. The van der Waals surface area contributed by atoms with Crippen molar-refractivity contribution in [1.82, 2.24) is 0 Å². The van der Waals surface area contributed by atoms with E-state index >= 15 is 0 Å². The number of hydrogen-bond donors (Lipinski definition) is 1. The number of benzene rings is 1. The highest BCUT2D eigenvalue weighted by Gasteiger charge is 2.14. The van der Waals surface area contributed by atoms with Gasteiger partial charge in [0.25, 0.3) is 0 Å². The van der Waals surface area contributed by atoms with Crippen LogP contribution in [-0.4, -0.2) is 24.8 Å². The van der Waals surface area contributed by atoms with Gasteiger partial charge in [-0.2, -0.15) is 0 Å². The van der Waals surface area contributed by atoms with Crippen LogP contribution in [0.3, 0.4) is 0 Å². The van der Waals surface area contributed by atoms with E-state index in [9.17, 15) is 0 Å². The molecule has 1 rings (SSSR count). The molecule has 0 aromatic heterocycles. The van der Waals surface area contributed by atoms with Crippen LogP contribution in [0.4, 0.5) is 5.69 Å². The summed E-state index contributed by atoms with van der Waals surface area (Å²) in [4.78, 5) is 2.35. The predicted octanol–water partition coefficient (Wildman–Crippen LogP) is 3.18. The molecule has 3 nitrogen and oxygen atoms in total. The standard InChI is InChI=1S/C16H28N2O/c1-13(2)18(10-11-19-16(3,4)5)15-8-6-14(12-17)7-9-15/h6-9,13H,10-12,17H2,1-5H3. The molecule has 0 saturated carbocycles. The van der Waals surface area contributed by atoms with Gasteiger partial charge >= 0.3 is 0 Å².